The monoisotopic (exact) mass is 329 g/mol. The van der Waals surface area contributed by atoms with Gasteiger partial charge in [0.1, 0.15) is 0 Å². The lowest BCUT2D eigenvalue weighted by Crippen LogP contribution is -2.05. The molecule has 0 fully saturated rings. The highest BCUT2D eigenvalue weighted by atomic mass is 14.9. The van der Waals surface area contributed by atoms with Crippen LogP contribution in [0.4, 0.5) is 11.4 Å². The molecule has 3 rings (SSSR count). The molecule has 0 aliphatic carbocycles. The first kappa shape index (κ1) is 24.5. The molecule has 0 amide bonds. The first-order chi connectivity index (χ1) is 11.8. The minimum Gasteiger partial charge on any atom is -0.355 e. The zero-order chi connectivity index (χ0) is 18.8. The second-order valence-corrected chi connectivity index (χ2v) is 5.03. The van der Waals surface area contributed by atoms with Crippen molar-refractivity contribution in [1.82, 2.24) is 0 Å². The molecule has 136 valence electrons. The van der Waals surface area contributed by atoms with Gasteiger partial charge in [0.05, 0.1) is 0 Å². The van der Waals surface area contributed by atoms with Gasteiger partial charge in [0.25, 0.3) is 0 Å². The summed E-state index contributed by atoms with van der Waals surface area (Å²) in [5.41, 5.74) is 5.25. The SMILES string of the molecule is CC.CC.CCC.CCC.c1ccc2c(c1)Cc1ccccc1N2. The summed E-state index contributed by atoms with van der Waals surface area (Å²) in [5.74, 6) is 0. The third kappa shape index (κ3) is 9.39. The van der Waals surface area contributed by atoms with Gasteiger partial charge in [-0.3, -0.25) is 0 Å². The second-order valence-electron chi connectivity index (χ2n) is 5.03. The Morgan fingerprint density at radius 2 is 0.917 bits per heavy atom. The summed E-state index contributed by atoms with van der Waals surface area (Å²) in [6, 6.07) is 16.9. The van der Waals surface area contributed by atoms with E-state index in [0.717, 1.165) is 6.42 Å². The molecule has 1 heteroatoms. The summed E-state index contributed by atoms with van der Waals surface area (Å²) in [4.78, 5) is 0. The van der Waals surface area contributed by atoms with Gasteiger partial charge in [-0.2, -0.15) is 0 Å². The number of hydrogen-bond acceptors (Lipinski definition) is 1. The Hall–Kier alpha value is -1.76. The van der Waals surface area contributed by atoms with Crippen molar-refractivity contribution in [3.63, 3.8) is 0 Å². The number of fused-ring (bicyclic) bond motifs is 2. The Labute approximate surface area is 151 Å². The largest absolute Gasteiger partial charge is 0.355 e. The van der Waals surface area contributed by atoms with Crippen molar-refractivity contribution in [1.29, 1.82) is 0 Å². The van der Waals surface area contributed by atoms with Crippen LogP contribution >= 0.6 is 0 Å². The molecule has 24 heavy (non-hydrogen) atoms. The quantitative estimate of drug-likeness (QED) is 0.438. The van der Waals surface area contributed by atoms with Crippen LogP contribution in [0.15, 0.2) is 48.5 Å². The molecule has 0 atom stereocenters. The van der Waals surface area contributed by atoms with Crippen LogP contribution in [0.2, 0.25) is 0 Å². The molecule has 2 aromatic carbocycles. The predicted molar refractivity (Wildman–Crippen MR) is 114 cm³/mol. The van der Waals surface area contributed by atoms with E-state index in [1.807, 2.05) is 27.7 Å². The Balaban J connectivity index is 0. The first-order valence-electron chi connectivity index (χ1n) is 9.69. The number of nitrogens with one attached hydrogen (secondary N) is 1. The fraction of sp³-hybridized carbons (Fsp3) is 0.478. The first-order valence-corrected chi connectivity index (χ1v) is 9.69. The molecule has 2 aromatic rings. The van der Waals surface area contributed by atoms with E-state index in [1.54, 1.807) is 0 Å². The predicted octanol–water partition coefficient (Wildman–Crippen LogP) is 8.22. The number of hydrogen-bond donors (Lipinski definition) is 1. The molecular formula is C23H39N. The van der Waals surface area contributed by atoms with Gasteiger partial charge in [-0.15, -0.1) is 0 Å². The summed E-state index contributed by atoms with van der Waals surface area (Å²) in [6.07, 6.45) is 3.54. The second kappa shape index (κ2) is 17.6. The van der Waals surface area contributed by atoms with E-state index in [-0.39, 0.29) is 0 Å². The third-order valence-corrected chi connectivity index (χ3v) is 2.68. The molecule has 0 saturated heterocycles. The van der Waals surface area contributed by atoms with Crippen molar-refractivity contribution >= 4 is 11.4 Å². The highest BCUT2D eigenvalue weighted by Gasteiger charge is 2.12. The van der Waals surface area contributed by atoms with Crippen LogP contribution in [-0.4, -0.2) is 0 Å². The van der Waals surface area contributed by atoms with Gasteiger partial charge in [-0.05, 0) is 23.3 Å². The number of para-hydroxylation sites is 2. The molecule has 0 aromatic heterocycles. The van der Waals surface area contributed by atoms with Gasteiger partial charge >= 0.3 is 0 Å². The lowest BCUT2D eigenvalue weighted by atomic mass is 9.98. The molecule has 1 aliphatic rings. The molecule has 0 spiro atoms. The Bertz CT molecular complexity index is 413. The van der Waals surface area contributed by atoms with Crippen molar-refractivity contribution in [3.8, 4) is 0 Å². The molecule has 1 aliphatic heterocycles. The maximum atomic E-state index is 3.44. The van der Waals surface area contributed by atoms with Crippen molar-refractivity contribution in [2.24, 2.45) is 0 Å². The van der Waals surface area contributed by atoms with Crippen LogP contribution in [0.3, 0.4) is 0 Å². The van der Waals surface area contributed by atoms with Crippen LogP contribution < -0.4 is 5.32 Å². The van der Waals surface area contributed by atoms with Gasteiger partial charge in [-0.1, -0.05) is 105 Å². The summed E-state index contributed by atoms with van der Waals surface area (Å²) < 4.78 is 0. The van der Waals surface area contributed by atoms with Crippen molar-refractivity contribution in [2.75, 3.05) is 5.32 Å². The van der Waals surface area contributed by atoms with Crippen LogP contribution in [0.5, 0.6) is 0 Å². The highest BCUT2D eigenvalue weighted by molar-refractivity contribution is 5.71. The summed E-state index contributed by atoms with van der Waals surface area (Å²) in [6.45, 7) is 16.5. The minimum atomic E-state index is 1.04. The molecular weight excluding hydrogens is 290 g/mol. The summed E-state index contributed by atoms with van der Waals surface area (Å²) >= 11 is 0. The fourth-order valence-electron chi connectivity index (χ4n) is 1.94. The summed E-state index contributed by atoms with van der Waals surface area (Å²) in [7, 11) is 0. The zero-order valence-corrected chi connectivity index (χ0v) is 17.2. The van der Waals surface area contributed by atoms with Crippen LogP contribution in [0.25, 0.3) is 0 Å². The number of rotatable bonds is 0. The average Bonchev–Trinajstić information content (AvgIpc) is 2.64. The zero-order valence-electron chi connectivity index (χ0n) is 17.2. The minimum absolute atomic E-state index is 1.04. The van der Waals surface area contributed by atoms with E-state index in [4.69, 9.17) is 0 Å². The van der Waals surface area contributed by atoms with E-state index >= 15 is 0 Å². The van der Waals surface area contributed by atoms with E-state index in [0.29, 0.717) is 0 Å². The highest BCUT2D eigenvalue weighted by Crippen LogP contribution is 2.31. The Morgan fingerprint density at radius 3 is 1.25 bits per heavy atom. The van der Waals surface area contributed by atoms with Crippen LogP contribution in [-0.2, 0) is 6.42 Å². The molecule has 0 saturated carbocycles. The van der Waals surface area contributed by atoms with Gasteiger partial charge in [0, 0.05) is 17.8 Å². The smallest absolute Gasteiger partial charge is 0.0420 e. The topological polar surface area (TPSA) is 12.0 Å². The molecule has 1 N–H and O–H groups in total. The Kier molecular flexibility index (Phi) is 18.0. The Morgan fingerprint density at radius 1 is 0.625 bits per heavy atom. The molecule has 0 unspecified atom stereocenters. The normalized spacial score (nSPS) is 9.33. The van der Waals surface area contributed by atoms with E-state index in [9.17, 15) is 0 Å². The van der Waals surface area contributed by atoms with Crippen molar-refractivity contribution < 1.29 is 0 Å². The van der Waals surface area contributed by atoms with Gasteiger partial charge in [0.2, 0.25) is 0 Å². The lowest BCUT2D eigenvalue weighted by Gasteiger charge is -2.20. The fourth-order valence-corrected chi connectivity index (χ4v) is 1.94. The number of anilines is 2. The van der Waals surface area contributed by atoms with Gasteiger partial charge < -0.3 is 5.32 Å². The summed E-state index contributed by atoms with van der Waals surface area (Å²) in [5, 5.41) is 3.44. The molecule has 0 radical (unpaired) electrons. The molecule has 1 nitrogen and oxygen atoms in total. The average molecular weight is 330 g/mol. The van der Waals surface area contributed by atoms with Crippen molar-refractivity contribution in [3.05, 3.63) is 59.7 Å². The van der Waals surface area contributed by atoms with Crippen LogP contribution in [0.1, 0.15) is 79.4 Å². The third-order valence-electron chi connectivity index (χ3n) is 2.68. The maximum Gasteiger partial charge on any atom is 0.0420 e. The van der Waals surface area contributed by atoms with E-state index in [2.05, 4.69) is 81.5 Å². The van der Waals surface area contributed by atoms with Gasteiger partial charge in [-0.25, -0.2) is 0 Å². The van der Waals surface area contributed by atoms with E-state index < -0.39 is 0 Å². The van der Waals surface area contributed by atoms with Gasteiger partial charge in [0.15, 0.2) is 0 Å². The van der Waals surface area contributed by atoms with Crippen LogP contribution in [0, 0.1) is 0 Å². The number of benzene rings is 2. The van der Waals surface area contributed by atoms with Crippen molar-refractivity contribution in [2.45, 2.75) is 74.7 Å². The lowest BCUT2D eigenvalue weighted by molar-refractivity contribution is 1.09. The van der Waals surface area contributed by atoms with E-state index in [1.165, 1.54) is 35.3 Å². The molecule has 0 bridgehead atoms. The molecule has 1 heterocycles. The standard InChI is InChI=1S/C13H11N.2C3H8.2C2H6/c1-3-7-12-10(5-1)9-11-6-2-4-8-13(11)14-12;2*1-3-2;2*1-2/h1-8,14H,9H2;2*3H2,1-2H3;2*1-2H3. The maximum absolute atomic E-state index is 3.44.